The zero-order valence-electron chi connectivity index (χ0n) is 13.3. The Morgan fingerprint density at radius 3 is 2.00 bits per heavy atom. The van der Waals surface area contributed by atoms with Gasteiger partial charge in [-0.15, -0.1) is 0 Å². The smallest absolute Gasteiger partial charge is 0.223 e. The molecule has 0 bridgehead atoms. The van der Waals surface area contributed by atoms with Crippen LogP contribution in [0.25, 0.3) is 0 Å². The van der Waals surface area contributed by atoms with Crippen molar-refractivity contribution in [2.45, 2.75) is 53.4 Å². The van der Waals surface area contributed by atoms with Crippen LogP contribution in [0, 0.1) is 11.8 Å². The van der Waals surface area contributed by atoms with Crippen molar-refractivity contribution in [1.29, 1.82) is 0 Å². The van der Waals surface area contributed by atoms with E-state index in [0.29, 0.717) is 24.2 Å². The topological polar surface area (TPSA) is 23.6 Å². The Bertz CT molecular complexity index is 247. The summed E-state index contributed by atoms with van der Waals surface area (Å²) in [6.45, 7) is 14.1. The highest BCUT2D eigenvalue weighted by molar-refractivity contribution is 5.76. The molecular weight excluding hydrogens is 236 g/mol. The summed E-state index contributed by atoms with van der Waals surface area (Å²) < 4.78 is 0. The van der Waals surface area contributed by atoms with E-state index in [2.05, 4.69) is 37.5 Å². The van der Waals surface area contributed by atoms with Gasteiger partial charge >= 0.3 is 0 Å². The molecule has 112 valence electrons. The predicted molar refractivity (Wildman–Crippen MR) is 81.2 cm³/mol. The third-order valence-corrected chi connectivity index (χ3v) is 3.60. The van der Waals surface area contributed by atoms with Gasteiger partial charge in [0.1, 0.15) is 0 Å². The third-order valence-electron chi connectivity index (χ3n) is 3.60. The highest BCUT2D eigenvalue weighted by Crippen LogP contribution is 2.11. The summed E-state index contributed by atoms with van der Waals surface area (Å²) in [6.07, 6.45) is 4.36. The molecule has 0 aromatic rings. The van der Waals surface area contributed by atoms with E-state index in [4.69, 9.17) is 0 Å². The molecule has 1 aliphatic heterocycles. The summed E-state index contributed by atoms with van der Waals surface area (Å²) in [5.74, 6) is 1.70. The van der Waals surface area contributed by atoms with Crippen molar-refractivity contribution in [3.05, 3.63) is 0 Å². The van der Waals surface area contributed by atoms with Crippen LogP contribution in [0.1, 0.15) is 53.4 Å². The minimum atomic E-state index is 0.359. The van der Waals surface area contributed by atoms with E-state index in [1.807, 2.05) is 0 Å². The maximum atomic E-state index is 12.2. The Morgan fingerprint density at radius 2 is 1.53 bits per heavy atom. The van der Waals surface area contributed by atoms with Crippen LogP contribution in [0.15, 0.2) is 0 Å². The Labute approximate surface area is 119 Å². The second kappa shape index (κ2) is 8.57. The fourth-order valence-corrected chi connectivity index (χ4v) is 2.85. The van der Waals surface area contributed by atoms with Gasteiger partial charge in [0, 0.05) is 39.1 Å². The van der Waals surface area contributed by atoms with Gasteiger partial charge in [0.05, 0.1) is 0 Å². The van der Waals surface area contributed by atoms with Crippen molar-refractivity contribution >= 4 is 5.91 Å². The number of likely N-dealkylation sites (tertiary alicyclic amines) is 1. The first-order valence-electron chi connectivity index (χ1n) is 7.99. The van der Waals surface area contributed by atoms with Crippen LogP contribution >= 0.6 is 0 Å². The van der Waals surface area contributed by atoms with E-state index in [1.165, 1.54) is 19.3 Å². The molecule has 0 spiro atoms. The minimum Gasteiger partial charge on any atom is -0.343 e. The van der Waals surface area contributed by atoms with Crippen molar-refractivity contribution < 1.29 is 4.79 Å². The van der Waals surface area contributed by atoms with Gasteiger partial charge in [0.25, 0.3) is 0 Å². The third kappa shape index (κ3) is 6.95. The van der Waals surface area contributed by atoms with Gasteiger partial charge in [-0.25, -0.2) is 0 Å². The van der Waals surface area contributed by atoms with Crippen LogP contribution in [-0.2, 0) is 4.79 Å². The fourth-order valence-electron chi connectivity index (χ4n) is 2.85. The van der Waals surface area contributed by atoms with Crippen molar-refractivity contribution in [2.24, 2.45) is 11.8 Å². The number of piperidine rings is 1. The number of carbonyl (C=O) groups excluding carboxylic acids is 1. The molecule has 1 heterocycles. The van der Waals surface area contributed by atoms with Crippen molar-refractivity contribution in [3.8, 4) is 0 Å². The Hall–Kier alpha value is -0.570. The molecule has 0 saturated carbocycles. The first-order chi connectivity index (χ1) is 8.99. The van der Waals surface area contributed by atoms with Gasteiger partial charge in [-0.05, 0) is 31.1 Å². The molecule has 0 N–H and O–H groups in total. The zero-order chi connectivity index (χ0) is 14.3. The van der Waals surface area contributed by atoms with Crippen LogP contribution < -0.4 is 0 Å². The first-order valence-corrected chi connectivity index (χ1v) is 7.99. The standard InChI is InChI=1S/C16H32N2O/c1-14(2)12-17(13-15(3)4)11-8-16(19)18-9-6-5-7-10-18/h14-15H,5-13H2,1-4H3. The van der Waals surface area contributed by atoms with Crippen LogP contribution in [0.3, 0.4) is 0 Å². The molecule has 1 amide bonds. The van der Waals surface area contributed by atoms with Crippen molar-refractivity contribution in [2.75, 3.05) is 32.7 Å². The van der Waals surface area contributed by atoms with Gasteiger partial charge in [0.15, 0.2) is 0 Å². The lowest BCUT2D eigenvalue weighted by atomic mass is 10.1. The normalized spacial score (nSPS) is 16.7. The zero-order valence-corrected chi connectivity index (χ0v) is 13.3. The van der Waals surface area contributed by atoms with Gasteiger partial charge in [-0.2, -0.15) is 0 Å². The second-order valence-corrected chi connectivity index (χ2v) is 6.74. The molecule has 3 heteroatoms. The SMILES string of the molecule is CC(C)CN(CCC(=O)N1CCCCC1)CC(C)C. The Morgan fingerprint density at radius 1 is 1.00 bits per heavy atom. The number of carbonyl (C=O) groups is 1. The summed E-state index contributed by atoms with van der Waals surface area (Å²) in [5.41, 5.74) is 0. The van der Waals surface area contributed by atoms with E-state index in [0.717, 1.165) is 32.7 Å². The second-order valence-electron chi connectivity index (χ2n) is 6.74. The summed E-state index contributed by atoms with van der Waals surface area (Å²) in [5, 5.41) is 0. The van der Waals surface area contributed by atoms with E-state index >= 15 is 0 Å². The summed E-state index contributed by atoms with van der Waals surface area (Å²) in [7, 11) is 0. The molecule has 1 fully saturated rings. The fraction of sp³-hybridized carbons (Fsp3) is 0.938. The van der Waals surface area contributed by atoms with Gasteiger partial charge in [0.2, 0.25) is 5.91 Å². The largest absolute Gasteiger partial charge is 0.343 e. The lowest BCUT2D eigenvalue weighted by Crippen LogP contribution is -2.39. The van der Waals surface area contributed by atoms with E-state index < -0.39 is 0 Å². The average Bonchev–Trinajstić information content (AvgIpc) is 2.35. The Balaban J connectivity index is 2.34. The molecule has 0 unspecified atom stereocenters. The van der Waals surface area contributed by atoms with Crippen LogP contribution in [0.2, 0.25) is 0 Å². The molecule has 1 saturated heterocycles. The summed E-state index contributed by atoms with van der Waals surface area (Å²) in [6, 6.07) is 0. The highest BCUT2D eigenvalue weighted by atomic mass is 16.2. The van der Waals surface area contributed by atoms with Crippen LogP contribution in [0.5, 0.6) is 0 Å². The number of hydrogen-bond donors (Lipinski definition) is 0. The minimum absolute atomic E-state index is 0.359. The number of nitrogens with zero attached hydrogens (tertiary/aromatic N) is 2. The van der Waals surface area contributed by atoms with Crippen LogP contribution in [0.4, 0.5) is 0 Å². The first kappa shape index (κ1) is 16.5. The summed E-state index contributed by atoms with van der Waals surface area (Å²) >= 11 is 0. The van der Waals surface area contributed by atoms with Gasteiger partial charge in [-0.3, -0.25) is 4.79 Å². The molecule has 1 aliphatic rings. The number of hydrogen-bond acceptors (Lipinski definition) is 2. The van der Waals surface area contributed by atoms with E-state index in [9.17, 15) is 4.79 Å². The van der Waals surface area contributed by atoms with Gasteiger partial charge < -0.3 is 9.80 Å². The molecule has 0 aliphatic carbocycles. The molecule has 1 rings (SSSR count). The van der Waals surface area contributed by atoms with Crippen LogP contribution in [-0.4, -0.2) is 48.4 Å². The van der Waals surface area contributed by atoms with Crippen molar-refractivity contribution in [3.63, 3.8) is 0 Å². The number of rotatable bonds is 7. The monoisotopic (exact) mass is 268 g/mol. The molecule has 0 radical (unpaired) electrons. The molecule has 19 heavy (non-hydrogen) atoms. The lowest BCUT2D eigenvalue weighted by Gasteiger charge is -2.29. The molecule has 0 atom stereocenters. The van der Waals surface area contributed by atoms with Crippen molar-refractivity contribution in [1.82, 2.24) is 9.80 Å². The molecule has 0 aromatic carbocycles. The molecular formula is C16H32N2O. The number of amides is 1. The average molecular weight is 268 g/mol. The van der Waals surface area contributed by atoms with E-state index in [1.54, 1.807) is 0 Å². The maximum absolute atomic E-state index is 12.2. The predicted octanol–water partition coefficient (Wildman–Crippen LogP) is 3.00. The quantitative estimate of drug-likeness (QED) is 0.708. The summed E-state index contributed by atoms with van der Waals surface area (Å²) in [4.78, 5) is 16.7. The highest BCUT2D eigenvalue weighted by Gasteiger charge is 2.18. The molecule has 0 aromatic heterocycles. The maximum Gasteiger partial charge on any atom is 0.223 e. The lowest BCUT2D eigenvalue weighted by molar-refractivity contribution is -0.132. The molecule has 3 nitrogen and oxygen atoms in total. The Kier molecular flexibility index (Phi) is 7.44. The van der Waals surface area contributed by atoms with E-state index in [-0.39, 0.29) is 0 Å². The van der Waals surface area contributed by atoms with Gasteiger partial charge in [-0.1, -0.05) is 27.7 Å².